The zero-order valence-corrected chi connectivity index (χ0v) is 12.7. The van der Waals surface area contributed by atoms with Crippen LogP contribution >= 0.6 is 11.3 Å². The summed E-state index contributed by atoms with van der Waals surface area (Å²) in [4.78, 5) is 11.1. The first-order valence-corrected chi connectivity index (χ1v) is 8.23. The molecule has 2 aromatic heterocycles. The third-order valence-corrected chi connectivity index (χ3v) is 4.54. The van der Waals surface area contributed by atoms with E-state index in [0.29, 0.717) is 12.5 Å². The van der Waals surface area contributed by atoms with Crippen molar-refractivity contribution in [3.8, 4) is 0 Å². The van der Waals surface area contributed by atoms with Crippen LogP contribution in [0.1, 0.15) is 18.5 Å². The molecule has 112 valence electrons. The number of nitrogens with one attached hydrogen (secondary N) is 1. The van der Waals surface area contributed by atoms with E-state index in [1.807, 2.05) is 17.8 Å². The fourth-order valence-corrected chi connectivity index (χ4v) is 3.18. The molecule has 0 amide bonds. The number of aliphatic hydroxyl groups is 1. The van der Waals surface area contributed by atoms with Crippen LogP contribution < -0.4 is 10.2 Å². The number of nitrogens with zero attached hydrogens (tertiary/aromatic N) is 3. The Kier molecular flexibility index (Phi) is 4.67. The minimum atomic E-state index is 0.297. The third kappa shape index (κ3) is 3.51. The average molecular weight is 304 g/mol. The summed E-state index contributed by atoms with van der Waals surface area (Å²) in [6, 6.07) is 4.01. The summed E-state index contributed by atoms with van der Waals surface area (Å²) in [6.45, 7) is 2.92. The molecule has 0 saturated carbocycles. The van der Waals surface area contributed by atoms with Gasteiger partial charge in [0, 0.05) is 31.3 Å². The Morgan fingerprint density at radius 2 is 2.19 bits per heavy atom. The van der Waals surface area contributed by atoms with Crippen LogP contribution in [0.2, 0.25) is 0 Å². The molecule has 5 nitrogen and oxygen atoms in total. The van der Waals surface area contributed by atoms with E-state index in [1.54, 1.807) is 11.3 Å². The molecule has 1 saturated heterocycles. The van der Waals surface area contributed by atoms with Gasteiger partial charge in [-0.05, 0) is 30.9 Å². The lowest BCUT2D eigenvalue weighted by Crippen LogP contribution is -2.35. The highest BCUT2D eigenvalue weighted by atomic mass is 32.1. The summed E-state index contributed by atoms with van der Waals surface area (Å²) in [6.07, 6.45) is 3.89. The van der Waals surface area contributed by atoms with Gasteiger partial charge in [0.25, 0.3) is 0 Å². The molecule has 0 atom stereocenters. The molecule has 2 N–H and O–H groups in total. The summed E-state index contributed by atoms with van der Waals surface area (Å²) in [5, 5.41) is 14.7. The molecule has 0 aromatic carbocycles. The second-order valence-corrected chi connectivity index (χ2v) is 6.04. The lowest BCUT2D eigenvalue weighted by molar-refractivity contribution is 0.203. The van der Waals surface area contributed by atoms with Crippen LogP contribution in [0, 0.1) is 5.92 Å². The van der Waals surface area contributed by atoms with Gasteiger partial charge < -0.3 is 15.3 Å². The molecule has 2 aromatic rings. The molecule has 1 fully saturated rings. The average Bonchev–Trinajstić information content (AvgIpc) is 3.07. The van der Waals surface area contributed by atoms with Crippen molar-refractivity contribution >= 4 is 22.8 Å². The summed E-state index contributed by atoms with van der Waals surface area (Å²) >= 11 is 1.61. The number of aliphatic hydroxyl groups excluding tert-OH is 1. The maximum absolute atomic E-state index is 9.24. The van der Waals surface area contributed by atoms with Crippen molar-refractivity contribution in [2.45, 2.75) is 19.4 Å². The van der Waals surface area contributed by atoms with Gasteiger partial charge in [-0.25, -0.2) is 9.97 Å². The largest absolute Gasteiger partial charge is 0.396 e. The SMILES string of the molecule is OCC1CCN(c2ncccc2NCc2cscn2)CC1. The van der Waals surface area contributed by atoms with E-state index in [-0.39, 0.29) is 0 Å². The van der Waals surface area contributed by atoms with Crippen molar-refractivity contribution in [3.05, 3.63) is 34.9 Å². The van der Waals surface area contributed by atoms with Crippen LogP contribution in [0.5, 0.6) is 0 Å². The van der Waals surface area contributed by atoms with Crippen molar-refractivity contribution in [2.24, 2.45) is 5.92 Å². The van der Waals surface area contributed by atoms with E-state index in [2.05, 4.69) is 31.6 Å². The second kappa shape index (κ2) is 6.87. The van der Waals surface area contributed by atoms with Gasteiger partial charge in [-0.15, -0.1) is 11.3 Å². The quantitative estimate of drug-likeness (QED) is 0.888. The van der Waals surface area contributed by atoms with Crippen molar-refractivity contribution in [2.75, 3.05) is 29.9 Å². The molecule has 1 aliphatic heterocycles. The van der Waals surface area contributed by atoms with E-state index >= 15 is 0 Å². The summed E-state index contributed by atoms with van der Waals surface area (Å²) < 4.78 is 0. The molecule has 3 rings (SSSR count). The fourth-order valence-electron chi connectivity index (χ4n) is 2.62. The lowest BCUT2D eigenvalue weighted by atomic mass is 9.98. The molecule has 6 heteroatoms. The predicted octanol–water partition coefficient (Wildman–Crippen LogP) is 2.36. The Morgan fingerprint density at radius 1 is 1.33 bits per heavy atom. The Bertz CT molecular complexity index is 553. The Labute approximate surface area is 128 Å². The third-order valence-electron chi connectivity index (χ3n) is 3.90. The molecule has 21 heavy (non-hydrogen) atoms. The maximum atomic E-state index is 9.24. The van der Waals surface area contributed by atoms with Crippen LogP contribution in [0.4, 0.5) is 11.5 Å². The highest BCUT2D eigenvalue weighted by Gasteiger charge is 2.21. The molecule has 0 unspecified atom stereocenters. The standard InChI is InChI=1S/C15H20N4OS/c20-9-12-3-6-19(7-4-12)15-14(2-1-5-16-15)17-8-13-10-21-11-18-13/h1-2,5,10-12,17,20H,3-4,6-9H2. The van der Waals surface area contributed by atoms with Crippen LogP contribution in [0.25, 0.3) is 0 Å². The number of aromatic nitrogens is 2. The van der Waals surface area contributed by atoms with Gasteiger partial charge in [0.2, 0.25) is 0 Å². The summed E-state index contributed by atoms with van der Waals surface area (Å²) in [5.41, 5.74) is 3.95. The number of hydrogen-bond donors (Lipinski definition) is 2. The summed E-state index contributed by atoms with van der Waals surface area (Å²) in [7, 11) is 0. The first-order chi connectivity index (χ1) is 10.4. The number of anilines is 2. The number of rotatable bonds is 5. The summed E-state index contributed by atoms with van der Waals surface area (Å²) in [5.74, 6) is 1.44. The number of pyridine rings is 1. The zero-order valence-electron chi connectivity index (χ0n) is 11.9. The smallest absolute Gasteiger partial charge is 0.151 e. The Hall–Kier alpha value is -1.66. The molecule has 0 bridgehead atoms. The highest BCUT2D eigenvalue weighted by molar-refractivity contribution is 7.07. The lowest BCUT2D eigenvalue weighted by Gasteiger charge is -2.33. The Morgan fingerprint density at radius 3 is 2.90 bits per heavy atom. The molecule has 0 radical (unpaired) electrons. The molecule has 1 aliphatic rings. The monoisotopic (exact) mass is 304 g/mol. The van der Waals surface area contributed by atoms with Crippen molar-refractivity contribution < 1.29 is 5.11 Å². The van der Waals surface area contributed by atoms with E-state index in [9.17, 15) is 5.11 Å². The van der Waals surface area contributed by atoms with Crippen LogP contribution in [0.3, 0.4) is 0 Å². The van der Waals surface area contributed by atoms with E-state index < -0.39 is 0 Å². The van der Waals surface area contributed by atoms with Crippen LogP contribution in [0.15, 0.2) is 29.2 Å². The van der Waals surface area contributed by atoms with Gasteiger partial charge >= 0.3 is 0 Å². The fraction of sp³-hybridized carbons (Fsp3) is 0.467. The topological polar surface area (TPSA) is 61.3 Å². The van der Waals surface area contributed by atoms with Crippen LogP contribution in [-0.4, -0.2) is 34.8 Å². The first-order valence-electron chi connectivity index (χ1n) is 7.28. The van der Waals surface area contributed by atoms with Crippen LogP contribution in [-0.2, 0) is 6.54 Å². The number of piperidine rings is 1. The van der Waals surface area contributed by atoms with Gasteiger partial charge in [-0.3, -0.25) is 0 Å². The van der Waals surface area contributed by atoms with Crippen molar-refractivity contribution in [1.29, 1.82) is 0 Å². The second-order valence-electron chi connectivity index (χ2n) is 5.32. The van der Waals surface area contributed by atoms with Gasteiger partial charge in [0.1, 0.15) is 0 Å². The van der Waals surface area contributed by atoms with Gasteiger partial charge in [0.05, 0.1) is 23.4 Å². The minimum Gasteiger partial charge on any atom is -0.396 e. The van der Waals surface area contributed by atoms with Crippen molar-refractivity contribution in [1.82, 2.24) is 9.97 Å². The van der Waals surface area contributed by atoms with E-state index in [0.717, 1.165) is 49.7 Å². The molecular formula is C15H20N4OS. The molecule has 3 heterocycles. The van der Waals surface area contributed by atoms with Gasteiger partial charge in [-0.1, -0.05) is 0 Å². The van der Waals surface area contributed by atoms with E-state index in [1.165, 1.54) is 0 Å². The maximum Gasteiger partial charge on any atom is 0.151 e. The van der Waals surface area contributed by atoms with Gasteiger partial charge in [-0.2, -0.15) is 0 Å². The number of thiazole rings is 1. The molecule has 0 aliphatic carbocycles. The van der Waals surface area contributed by atoms with E-state index in [4.69, 9.17) is 0 Å². The predicted molar refractivity (Wildman–Crippen MR) is 85.7 cm³/mol. The Balaban J connectivity index is 1.67. The van der Waals surface area contributed by atoms with Gasteiger partial charge in [0.15, 0.2) is 5.82 Å². The highest BCUT2D eigenvalue weighted by Crippen LogP contribution is 2.27. The van der Waals surface area contributed by atoms with Crippen molar-refractivity contribution in [3.63, 3.8) is 0 Å². The minimum absolute atomic E-state index is 0.297. The number of hydrogen-bond acceptors (Lipinski definition) is 6. The molecule has 0 spiro atoms. The zero-order chi connectivity index (χ0) is 14.5. The first kappa shape index (κ1) is 14.3. The normalized spacial score (nSPS) is 16.1. The molecular weight excluding hydrogens is 284 g/mol.